The second kappa shape index (κ2) is 7.60. The Labute approximate surface area is 153 Å². The maximum Gasteiger partial charge on any atom is 0.240 e. The first-order valence-corrected chi connectivity index (χ1v) is 8.84. The SMILES string of the molecule is COc1ccccc1CCNC(=O)C1(C(=O)Nc2ccccc2C)CC1. The third-order valence-electron chi connectivity index (χ3n) is 4.88. The molecule has 0 unspecified atom stereocenters. The lowest BCUT2D eigenvalue weighted by Gasteiger charge is -2.16. The second-order valence-corrected chi connectivity index (χ2v) is 6.67. The summed E-state index contributed by atoms with van der Waals surface area (Å²) in [5, 5.41) is 5.81. The predicted molar refractivity (Wildman–Crippen MR) is 101 cm³/mol. The lowest BCUT2D eigenvalue weighted by Crippen LogP contribution is -2.40. The van der Waals surface area contributed by atoms with Crippen LogP contribution in [0.15, 0.2) is 48.5 Å². The van der Waals surface area contributed by atoms with Crippen molar-refractivity contribution in [2.45, 2.75) is 26.2 Å². The molecule has 136 valence electrons. The normalized spacial score (nSPS) is 14.4. The molecule has 1 saturated carbocycles. The fourth-order valence-electron chi connectivity index (χ4n) is 3.03. The highest BCUT2D eigenvalue weighted by Gasteiger charge is 2.56. The average molecular weight is 352 g/mol. The number of methoxy groups -OCH3 is 1. The highest BCUT2D eigenvalue weighted by atomic mass is 16.5. The molecular weight excluding hydrogens is 328 g/mol. The van der Waals surface area contributed by atoms with Crippen molar-refractivity contribution < 1.29 is 14.3 Å². The molecule has 3 rings (SSSR count). The van der Waals surface area contributed by atoms with Crippen LogP contribution in [0.1, 0.15) is 24.0 Å². The first kappa shape index (κ1) is 18.0. The van der Waals surface area contributed by atoms with Gasteiger partial charge in [-0.15, -0.1) is 0 Å². The molecule has 0 spiro atoms. The molecule has 2 aromatic rings. The molecule has 0 bridgehead atoms. The van der Waals surface area contributed by atoms with Gasteiger partial charge in [-0.3, -0.25) is 9.59 Å². The molecule has 0 aromatic heterocycles. The van der Waals surface area contributed by atoms with Crippen LogP contribution in [0.4, 0.5) is 5.69 Å². The Morgan fingerprint density at radius 2 is 1.73 bits per heavy atom. The summed E-state index contributed by atoms with van der Waals surface area (Å²) in [6.07, 6.45) is 1.83. The van der Waals surface area contributed by atoms with Crippen molar-refractivity contribution >= 4 is 17.5 Å². The van der Waals surface area contributed by atoms with Crippen molar-refractivity contribution in [3.63, 3.8) is 0 Å². The smallest absolute Gasteiger partial charge is 0.240 e. The third kappa shape index (κ3) is 3.72. The van der Waals surface area contributed by atoms with Gasteiger partial charge in [-0.1, -0.05) is 36.4 Å². The van der Waals surface area contributed by atoms with Gasteiger partial charge in [0.2, 0.25) is 11.8 Å². The number of ether oxygens (including phenoxy) is 1. The van der Waals surface area contributed by atoms with Crippen molar-refractivity contribution in [2.75, 3.05) is 19.0 Å². The van der Waals surface area contributed by atoms with Crippen molar-refractivity contribution in [2.24, 2.45) is 5.41 Å². The largest absolute Gasteiger partial charge is 0.496 e. The number of benzene rings is 2. The zero-order valence-electron chi connectivity index (χ0n) is 15.2. The number of carbonyl (C=O) groups excluding carboxylic acids is 2. The van der Waals surface area contributed by atoms with Crippen LogP contribution in [0.3, 0.4) is 0 Å². The Hall–Kier alpha value is -2.82. The average Bonchev–Trinajstić information content (AvgIpc) is 3.46. The molecule has 0 atom stereocenters. The molecule has 0 aliphatic heterocycles. The van der Waals surface area contributed by atoms with E-state index in [4.69, 9.17) is 4.74 Å². The number of carbonyl (C=O) groups is 2. The first-order valence-electron chi connectivity index (χ1n) is 8.84. The van der Waals surface area contributed by atoms with E-state index in [2.05, 4.69) is 10.6 Å². The summed E-state index contributed by atoms with van der Waals surface area (Å²) < 4.78 is 5.32. The number of aryl methyl sites for hydroxylation is 1. The number of rotatable bonds is 7. The molecule has 1 fully saturated rings. The number of hydrogen-bond donors (Lipinski definition) is 2. The van der Waals surface area contributed by atoms with Crippen LogP contribution in [0, 0.1) is 12.3 Å². The highest BCUT2D eigenvalue weighted by Crippen LogP contribution is 2.47. The van der Waals surface area contributed by atoms with E-state index in [1.54, 1.807) is 7.11 Å². The summed E-state index contributed by atoms with van der Waals surface area (Å²) in [5.74, 6) is 0.389. The molecule has 0 heterocycles. The first-order chi connectivity index (χ1) is 12.6. The van der Waals surface area contributed by atoms with E-state index in [9.17, 15) is 9.59 Å². The minimum absolute atomic E-state index is 0.196. The molecular formula is C21H24N2O3. The van der Waals surface area contributed by atoms with Gasteiger partial charge in [0.1, 0.15) is 11.2 Å². The summed E-state index contributed by atoms with van der Waals surface area (Å²) in [6.45, 7) is 2.40. The quantitative estimate of drug-likeness (QED) is 0.753. The van der Waals surface area contributed by atoms with Gasteiger partial charge in [0.15, 0.2) is 0 Å². The van der Waals surface area contributed by atoms with E-state index in [0.29, 0.717) is 25.8 Å². The third-order valence-corrected chi connectivity index (χ3v) is 4.88. The molecule has 26 heavy (non-hydrogen) atoms. The van der Waals surface area contributed by atoms with Crippen molar-refractivity contribution in [1.82, 2.24) is 5.32 Å². The van der Waals surface area contributed by atoms with Crippen molar-refractivity contribution in [1.29, 1.82) is 0 Å². The molecule has 5 heteroatoms. The summed E-state index contributed by atoms with van der Waals surface area (Å²) in [5.41, 5.74) is 1.84. The lowest BCUT2D eigenvalue weighted by molar-refractivity contribution is -0.134. The fourth-order valence-corrected chi connectivity index (χ4v) is 3.03. The molecule has 0 radical (unpaired) electrons. The van der Waals surface area contributed by atoms with E-state index < -0.39 is 5.41 Å². The van der Waals surface area contributed by atoms with E-state index in [1.165, 1.54) is 0 Å². The number of para-hydroxylation sites is 2. The zero-order chi connectivity index (χ0) is 18.6. The van der Waals surface area contributed by atoms with Crippen molar-refractivity contribution in [3.8, 4) is 5.75 Å². The van der Waals surface area contributed by atoms with E-state index in [0.717, 1.165) is 22.6 Å². The van der Waals surface area contributed by atoms with Crippen LogP contribution in [0.25, 0.3) is 0 Å². The highest BCUT2D eigenvalue weighted by molar-refractivity contribution is 6.13. The topological polar surface area (TPSA) is 67.4 Å². The standard InChI is InChI=1S/C21H24N2O3/c1-15-7-3-5-9-17(15)23-20(25)21(12-13-21)19(24)22-14-11-16-8-4-6-10-18(16)26-2/h3-10H,11-14H2,1-2H3,(H,22,24)(H,23,25). The number of anilines is 1. The molecule has 2 N–H and O–H groups in total. The van der Waals surface area contributed by atoms with E-state index in [-0.39, 0.29) is 11.8 Å². The maximum absolute atomic E-state index is 12.6. The van der Waals surface area contributed by atoms with Crippen LogP contribution in [-0.4, -0.2) is 25.5 Å². The summed E-state index contributed by atoms with van der Waals surface area (Å²) in [6, 6.07) is 15.3. The Balaban J connectivity index is 1.57. The molecule has 1 aliphatic carbocycles. The minimum atomic E-state index is -0.928. The Morgan fingerprint density at radius 3 is 2.42 bits per heavy atom. The molecule has 1 aliphatic rings. The van der Waals surface area contributed by atoms with Gasteiger partial charge >= 0.3 is 0 Å². The lowest BCUT2D eigenvalue weighted by atomic mass is 10.0. The minimum Gasteiger partial charge on any atom is -0.496 e. The van der Waals surface area contributed by atoms with Gasteiger partial charge in [0, 0.05) is 12.2 Å². The maximum atomic E-state index is 12.6. The molecule has 5 nitrogen and oxygen atoms in total. The van der Waals surface area contributed by atoms with E-state index in [1.807, 2.05) is 55.5 Å². The Bertz CT molecular complexity index is 812. The van der Waals surface area contributed by atoms with Crippen LogP contribution < -0.4 is 15.4 Å². The van der Waals surface area contributed by atoms with Crippen LogP contribution in [-0.2, 0) is 16.0 Å². The number of hydrogen-bond acceptors (Lipinski definition) is 3. The molecule has 0 saturated heterocycles. The molecule has 2 amide bonds. The summed E-state index contributed by atoms with van der Waals surface area (Å²) in [7, 11) is 1.63. The Kier molecular flexibility index (Phi) is 5.26. The van der Waals surface area contributed by atoms with Crippen LogP contribution in [0.5, 0.6) is 5.75 Å². The monoisotopic (exact) mass is 352 g/mol. The second-order valence-electron chi connectivity index (χ2n) is 6.67. The van der Waals surface area contributed by atoms with E-state index >= 15 is 0 Å². The predicted octanol–water partition coefficient (Wildman–Crippen LogP) is 3.08. The van der Waals surface area contributed by atoms with Gasteiger partial charge in [0.25, 0.3) is 0 Å². The number of amides is 2. The van der Waals surface area contributed by atoms with Crippen LogP contribution >= 0.6 is 0 Å². The van der Waals surface area contributed by atoms with Gasteiger partial charge in [-0.2, -0.15) is 0 Å². The molecule has 2 aromatic carbocycles. The fraction of sp³-hybridized carbons (Fsp3) is 0.333. The van der Waals surface area contributed by atoms with Gasteiger partial charge in [-0.25, -0.2) is 0 Å². The summed E-state index contributed by atoms with van der Waals surface area (Å²) in [4.78, 5) is 25.2. The van der Waals surface area contributed by atoms with Crippen LogP contribution in [0.2, 0.25) is 0 Å². The van der Waals surface area contributed by atoms with Crippen molar-refractivity contribution in [3.05, 3.63) is 59.7 Å². The van der Waals surface area contributed by atoms with Gasteiger partial charge < -0.3 is 15.4 Å². The van der Waals surface area contributed by atoms with Gasteiger partial charge in [0.05, 0.1) is 7.11 Å². The zero-order valence-corrected chi connectivity index (χ0v) is 15.2. The Morgan fingerprint density at radius 1 is 1.04 bits per heavy atom. The summed E-state index contributed by atoms with van der Waals surface area (Å²) >= 11 is 0. The van der Waals surface area contributed by atoms with Gasteiger partial charge in [-0.05, 0) is 49.4 Å². The number of nitrogens with one attached hydrogen (secondary N) is 2.